The van der Waals surface area contributed by atoms with Crippen LogP contribution in [0, 0.1) is 6.92 Å². The van der Waals surface area contributed by atoms with E-state index >= 15 is 0 Å². The third-order valence-electron chi connectivity index (χ3n) is 7.66. The summed E-state index contributed by atoms with van der Waals surface area (Å²) in [6.07, 6.45) is 6.24. The predicted molar refractivity (Wildman–Crippen MR) is 187 cm³/mol. The van der Waals surface area contributed by atoms with Gasteiger partial charge in [0, 0.05) is 22.3 Å². The number of hydrogen-bond acceptors (Lipinski definition) is 12. The van der Waals surface area contributed by atoms with Crippen LogP contribution in [0.1, 0.15) is 38.9 Å². The van der Waals surface area contributed by atoms with Gasteiger partial charge in [0.1, 0.15) is 17.2 Å². The van der Waals surface area contributed by atoms with Gasteiger partial charge >= 0.3 is 7.82 Å². The smallest absolute Gasteiger partial charge is 0.502 e. The Hall–Kier alpha value is -5.33. The summed E-state index contributed by atoms with van der Waals surface area (Å²) in [5.74, 6) is -0.719. The molecular weight excluding hydrogens is 671 g/mol. The molecule has 0 spiro atoms. The van der Waals surface area contributed by atoms with Crippen LogP contribution in [-0.4, -0.2) is 60.9 Å². The maximum Gasteiger partial charge on any atom is 0.585 e. The molecule has 14 heteroatoms. The molecule has 0 heterocycles. The predicted octanol–water partition coefficient (Wildman–Crippen LogP) is 6.33. The summed E-state index contributed by atoms with van der Waals surface area (Å²) in [5.41, 5.74) is 3.14. The third kappa shape index (κ3) is 8.27. The molecule has 0 amide bonds. The summed E-state index contributed by atoms with van der Waals surface area (Å²) in [6, 6.07) is 12.6. The normalized spacial score (nSPS) is 12.5. The van der Waals surface area contributed by atoms with Crippen LogP contribution in [0.2, 0.25) is 0 Å². The lowest BCUT2D eigenvalue weighted by Gasteiger charge is -2.19. The SMILES string of the molecule is COc1cc(/C=C\c2ccc(OC)c(O)c2OP(=O)(O)Oc2c(/C=C\c3cc(CO)c(CO)c(OC)c3)ccc(OC)c2O)cc(OC)c1C. The number of phosphoric acid groups is 1. The van der Waals surface area contributed by atoms with Gasteiger partial charge in [-0.25, -0.2) is 4.57 Å². The Kier molecular flexibility index (Phi) is 12.3. The average Bonchev–Trinajstić information content (AvgIpc) is 3.11. The highest BCUT2D eigenvalue weighted by Gasteiger charge is 2.32. The summed E-state index contributed by atoms with van der Waals surface area (Å²) in [6.45, 7) is 1.13. The maximum absolute atomic E-state index is 13.6. The number of phenols is 2. The number of methoxy groups -OCH3 is 5. The molecule has 0 saturated heterocycles. The van der Waals surface area contributed by atoms with Gasteiger partial charge in [-0.3, -0.25) is 4.89 Å². The highest BCUT2D eigenvalue weighted by molar-refractivity contribution is 7.48. The molecule has 0 radical (unpaired) electrons. The molecule has 13 nitrogen and oxygen atoms in total. The van der Waals surface area contributed by atoms with Crippen LogP contribution in [0.15, 0.2) is 48.5 Å². The second kappa shape index (κ2) is 16.4. The van der Waals surface area contributed by atoms with E-state index in [9.17, 15) is 29.9 Å². The summed E-state index contributed by atoms with van der Waals surface area (Å²) >= 11 is 0. The zero-order valence-electron chi connectivity index (χ0n) is 28.3. The monoisotopic (exact) mass is 710 g/mol. The summed E-state index contributed by atoms with van der Waals surface area (Å²) in [7, 11) is 1.90. The molecule has 0 aromatic heterocycles. The number of benzene rings is 4. The van der Waals surface area contributed by atoms with Crippen LogP contribution in [0.25, 0.3) is 24.3 Å². The number of aliphatic hydroxyl groups is 2. The van der Waals surface area contributed by atoms with Gasteiger partial charge in [-0.15, -0.1) is 0 Å². The highest BCUT2D eigenvalue weighted by atomic mass is 31.2. The topological polar surface area (TPSA) is 183 Å². The van der Waals surface area contributed by atoms with Gasteiger partial charge in [-0.2, -0.15) is 0 Å². The van der Waals surface area contributed by atoms with Crippen LogP contribution in [-0.2, 0) is 17.8 Å². The number of rotatable bonds is 15. The van der Waals surface area contributed by atoms with Crippen molar-refractivity contribution < 1.29 is 62.6 Å². The lowest BCUT2D eigenvalue weighted by atomic mass is 10.0. The molecule has 1 unspecified atom stereocenters. The fourth-order valence-corrected chi connectivity index (χ4v) is 5.95. The Morgan fingerprint density at radius 2 is 1.02 bits per heavy atom. The Balaban J connectivity index is 1.74. The molecule has 0 bridgehead atoms. The molecule has 50 heavy (non-hydrogen) atoms. The fraction of sp³-hybridized carbons (Fsp3) is 0.222. The van der Waals surface area contributed by atoms with Crippen LogP contribution in [0.5, 0.6) is 51.7 Å². The molecule has 0 aliphatic rings. The fourth-order valence-electron chi connectivity index (χ4n) is 5.07. The Morgan fingerprint density at radius 3 is 1.42 bits per heavy atom. The second-order valence-corrected chi connectivity index (χ2v) is 11.9. The highest BCUT2D eigenvalue weighted by Crippen LogP contribution is 2.54. The number of ether oxygens (including phenoxy) is 5. The number of aromatic hydroxyl groups is 2. The third-order valence-corrected chi connectivity index (χ3v) is 8.49. The minimum Gasteiger partial charge on any atom is -0.502 e. The number of phosphoric ester groups is 1. The standard InChI is InChI=1S/C36H39O13P/c1-21-30(45-4)16-23(17-31(21)46-5)8-10-25-12-14-29(44-3)34(40)36(25)49-50(41,42)48-35-24(11-13-28(43-2)33(35)39)9-7-22-15-26(19-37)27(20-38)32(18-22)47-6/h7-18,37-40H,19-20H2,1-6H3,(H,41,42)/b9-7-,10-8-. The van der Waals surface area contributed by atoms with Crippen molar-refractivity contribution in [2.75, 3.05) is 35.5 Å². The molecule has 0 fully saturated rings. The zero-order valence-corrected chi connectivity index (χ0v) is 29.2. The first-order chi connectivity index (χ1) is 23.9. The van der Waals surface area contributed by atoms with E-state index in [2.05, 4.69) is 0 Å². The van der Waals surface area contributed by atoms with Crippen molar-refractivity contribution in [1.29, 1.82) is 0 Å². The molecule has 4 aromatic rings. The second-order valence-electron chi connectivity index (χ2n) is 10.6. The quantitative estimate of drug-likeness (QED) is 0.0682. The van der Waals surface area contributed by atoms with E-state index in [4.69, 9.17) is 32.7 Å². The van der Waals surface area contributed by atoms with Gasteiger partial charge in [0.15, 0.2) is 23.0 Å². The van der Waals surface area contributed by atoms with Crippen LogP contribution >= 0.6 is 7.82 Å². The summed E-state index contributed by atoms with van der Waals surface area (Å²) < 4.78 is 51.1. The number of aliphatic hydroxyl groups excluding tert-OH is 2. The lowest BCUT2D eigenvalue weighted by molar-refractivity contribution is 0.254. The molecule has 266 valence electrons. The minimum absolute atomic E-state index is 0.0476. The molecule has 1 atom stereocenters. The Labute approximate surface area is 289 Å². The van der Waals surface area contributed by atoms with E-state index in [1.54, 1.807) is 36.4 Å². The minimum atomic E-state index is -5.18. The van der Waals surface area contributed by atoms with Crippen LogP contribution in [0.4, 0.5) is 0 Å². The van der Waals surface area contributed by atoms with Gasteiger partial charge < -0.3 is 53.2 Å². The number of hydrogen-bond donors (Lipinski definition) is 5. The number of phenolic OH excluding ortho intramolecular Hbond substituents is 2. The molecule has 4 aromatic carbocycles. The van der Waals surface area contributed by atoms with Gasteiger partial charge in [0.05, 0.1) is 48.8 Å². The Bertz CT molecular complexity index is 1900. The molecule has 5 N–H and O–H groups in total. The van der Waals surface area contributed by atoms with Crippen molar-refractivity contribution in [3.63, 3.8) is 0 Å². The van der Waals surface area contributed by atoms with Crippen molar-refractivity contribution in [2.45, 2.75) is 20.1 Å². The molecule has 4 rings (SSSR count). The Morgan fingerprint density at radius 1 is 0.600 bits per heavy atom. The van der Waals surface area contributed by atoms with Crippen molar-refractivity contribution >= 4 is 32.1 Å². The van der Waals surface area contributed by atoms with Crippen molar-refractivity contribution in [3.05, 3.63) is 87.5 Å². The van der Waals surface area contributed by atoms with E-state index in [-0.39, 0.29) is 35.8 Å². The molecule has 0 saturated carbocycles. The van der Waals surface area contributed by atoms with Gasteiger partial charge in [-0.1, -0.05) is 24.3 Å². The first kappa shape index (κ1) is 37.5. The lowest BCUT2D eigenvalue weighted by Crippen LogP contribution is -2.03. The largest absolute Gasteiger partial charge is 0.585 e. The van der Waals surface area contributed by atoms with E-state index in [1.807, 2.05) is 6.92 Å². The van der Waals surface area contributed by atoms with Crippen LogP contribution in [0.3, 0.4) is 0 Å². The van der Waals surface area contributed by atoms with Crippen molar-refractivity contribution in [2.24, 2.45) is 0 Å². The summed E-state index contributed by atoms with van der Waals surface area (Å²) in [4.78, 5) is 11.0. The molecule has 0 aliphatic heterocycles. The van der Waals surface area contributed by atoms with Crippen molar-refractivity contribution in [3.8, 4) is 51.7 Å². The van der Waals surface area contributed by atoms with E-state index in [1.165, 1.54) is 72.0 Å². The zero-order chi connectivity index (χ0) is 36.6. The first-order valence-corrected chi connectivity index (χ1v) is 16.5. The first-order valence-electron chi connectivity index (χ1n) is 15.0. The van der Waals surface area contributed by atoms with Crippen molar-refractivity contribution in [1.82, 2.24) is 0 Å². The van der Waals surface area contributed by atoms with E-state index in [0.717, 1.165) is 5.56 Å². The molecule has 0 aliphatic carbocycles. The van der Waals surface area contributed by atoms with E-state index < -0.39 is 30.8 Å². The van der Waals surface area contributed by atoms with E-state index in [0.29, 0.717) is 39.5 Å². The van der Waals surface area contributed by atoms with Gasteiger partial charge in [0.2, 0.25) is 11.5 Å². The maximum atomic E-state index is 13.6. The van der Waals surface area contributed by atoms with Gasteiger partial charge in [0.25, 0.3) is 0 Å². The van der Waals surface area contributed by atoms with Gasteiger partial charge in [-0.05, 0) is 72.1 Å². The van der Waals surface area contributed by atoms with Crippen LogP contribution < -0.4 is 32.7 Å². The summed E-state index contributed by atoms with van der Waals surface area (Å²) in [5, 5.41) is 41.5. The average molecular weight is 711 g/mol. The molecular formula is C36H39O13P.